The number of thiophene rings is 1. The lowest BCUT2D eigenvalue weighted by atomic mass is 10.0. The standard InChI is InChI=1S/C24H30N2O6S2/c1-5-32-24(29)21-16(3)22(17(4)27)33-23(21)25-14-20(28)18-7-6-8-19(13-18)34(30,31)26-11-9-15(2)10-12-26/h6-8,13,15,25H,5,9-12,14H2,1-4H3. The molecule has 10 heteroatoms. The Morgan fingerprint density at radius 1 is 1.21 bits per heavy atom. The molecule has 1 aliphatic rings. The van der Waals surface area contributed by atoms with Gasteiger partial charge in [0, 0.05) is 18.7 Å². The molecule has 1 aromatic heterocycles. The van der Waals surface area contributed by atoms with Crippen LogP contribution in [0.25, 0.3) is 0 Å². The van der Waals surface area contributed by atoms with Crippen LogP contribution >= 0.6 is 11.3 Å². The highest BCUT2D eigenvalue weighted by atomic mass is 32.2. The van der Waals surface area contributed by atoms with Crippen LogP contribution in [0, 0.1) is 12.8 Å². The summed E-state index contributed by atoms with van der Waals surface area (Å²) in [6, 6.07) is 6.01. The number of ether oxygens (including phenoxy) is 1. The zero-order chi connectivity index (χ0) is 25.0. The summed E-state index contributed by atoms with van der Waals surface area (Å²) in [5.41, 5.74) is 0.993. The van der Waals surface area contributed by atoms with E-state index in [1.807, 2.05) is 0 Å². The summed E-state index contributed by atoms with van der Waals surface area (Å²) in [5.74, 6) is -0.594. The molecule has 1 fully saturated rings. The Balaban J connectivity index is 1.79. The molecule has 1 N–H and O–H groups in total. The number of hydrogen-bond acceptors (Lipinski definition) is 8. The van der Waals surface area contributed by atoms with Gasteiger partial charge in [0.05, 0.1) is 28.5 Å². The van der Waals surface area contributed by atoms with Crippen LogP contribution in [0.1, 0.15) is 69.6 Å². The van der Waals surface area contributed by atoms with Gasteiger partial charge in [0.1, 0.15) is 5.00 Å². The summed E-state index contributed by atoms with van der Waals surface area (Å²) in [5, 5.41) is 3.33. The molecule has 0 amide bonds. The maximum Gasteiger partial charge on any atom is 0.341 e. The minimum Gasteiger partial charge on any atom is -0.462 e. The van der Waals surface area contributed by atoms with Gasteiger partial charge in [0.25, 0.3) is 0 Å². The second-order valence-electron chi connectivity index (χ2n) is 8.43. The van der Waals surface area contributed by atoms with E-state index in [0.717, 1.165) is 24.2 Å². The molecule has 1 aromatic carbocycles. The van der Waals surface area contributed by atoms with Crippen molar-refractivity contribution < 1.29 is 27.5 Å². The Morgan fingerprint density at radius 2 is 1.88 bits per heavy atom. The van der Waals surface area contributed by atoms with Crippen LogP contribution in [-0.2, 0) is 14.8 Å². The molecule has 0 atom stereocenters. The first-order valence-corrected chi connectivity index (χ1v) is 13.5. The number of nitrogens with zero attached hydrogens (tertiary/aromatic N) is 1. The Labute approximate surface area is 204 Å². The summed E-state index contributed by atoms with van der Waals surface area (Å²) in [7, 11) is -3.68. The monoisotopic (exact) mass is 506 g/mol. The predicted molar refractivity (Wildman–Crippen MR) is 131 cm³/mol. The van der Waals surface area contributed by atoms with E-state index >= 15 is 0 Å². The number of Topliss-reactive ketones (excluding diaryl/α,β-unsaturated/α-hetero) is 2. The lowest BCUT2D eigenvalue weighted by Crippen LogP contribution is -2.37. The number of anilines is 1. The number of carbonyl (C=O) groups is 3. The van der Waals surface area contributed by atoms with Crippen molar-refractivity contribution in [2.75, 3.05) is 31.6 Å². The smallest absolute Gasteiger partial charge is 0.341 e. The van der Waals surface area contributed by atoms with Crippen molar-refractivity contribution in [1.82, 2.24) is 4.31 Å². The number of piperidine rings is 1. The van der Waals surface area contributed by atoms with Gasteiger partial charge in [-0.1, -0.05) is 19.1 Å². The van der Waals surface area contributed by atoms with Crippen molar-refractivity contribution >= 4 is 43.9 Å². The van der Waals surface area contributed by atoms with E-state index < -0.39 is 16.0 Å². The fraction of sp³-hybridized carbons (Fsp3) is 0.458. The summed E-state index contributed by atoms with van der Waals surface area (Å²) in [6.45, 7) is 7.82. The Morgan fingerprint density at radius 3 is 2.50 bits per heavy atom. The number of benzene rings is 1. The topological polar surface area (TPSA) is 110 Å². The van der Waals surface area contributed by atoms with Crippen molar-refractivity contribution in [2.24, 2.45) is 5.92 Å². The van der Waals surface area contributed by atoms with E-state index in [4.69, 9.17) is 4.74 Å². The zero-order valence-electron chi connectivity index (χ0n) is 19.8. The quantitative estimate of drug-likeness (QED) is 0.402. The van der Waals surface area contributed by atoms with Gasteiger partial charge in [-0.15, -0.1) is 11.3 Å². The van der Waals surface area contributed by atoms with Crippen LogP contribution in [0.2, 0.25) is 0 Å². The molecule has 1 saturated heterocycles. The highest BCUT2D eigenvalue weighted by molar-refractivity contribution is 7.89. The predicted octanol–water partition coefficient (Wildman–Crippen LogP) is 4.15. The van der Waals surface area contributed by atoms with Crippen molar-refractivity contribution in [2.45, 2.75) is 45.4 Å². The zero-order valence-corrected chi connectivity index (χ0v) is 21.5. The molecule has 184 valence electrons. The molecule has 0 saturated carbocycles. The van der Waals surface area contributed by atoms with Crippen molar-refractivity contribution in [3.8, 4) is 0 Å². The number of carbonyl (C=O) groups excluding carboxylic acids is 3. The minimum absolute atomic E-state index is 0.0888. The number of nitrogens with one attached hydrogen (secondary N) is 1. The third-order valence-corrected chi connectivity index (χ3v) is 9.14. The van der Waals surface area contributed by atoms with Crippen LogP contribution in [0.5, 0.6) is 0 Å². The van der Waals surface area contributed by atoms with Crippen LogP contribution in [-0.4, -0.2) is 56.5 Å². The molecular weight excluding hydrogens is 476 g/mol. The lowest BCUT2D eigenvalue weighted by molar-refractivity contribution is 0.0527. The highest BCUT2D eigenvalue weighted by Gasteiger charge is 2.29. The largest absolute Gasteiger partial charge is 0.462 e. The van der Waals surface area contributed by atoms with E-state index in [0.29, 0.717) is 34.4 Å². The lowest BCUT2D eigenvalue weighted by Gasteiger charge is -2.29. The average Bonchev–Trinajstić information content (AvgIpc) is 3.14. The molecular formula is C24H30N2O6S2. The Bertz CT molecular complexity index is 1190. The van der Waals surface area contributed by atoms with Gasteiger partial charge >= 0.3 is 5.97 Å². The molecule has 1 aliphatic heterocycles. The minimum atomic E-state index is -3.68. The number of rotatable bonds is 9. The fourth-order valence-electron chi connectivity index (χ4n) is 3.89. The van der Waals surface area contributed by atoms with Gasteiger partial charge in [-0.05, 0) is 57.2 Å². The van der Waals surface area contributed by atoms with E-state index in [2.05, 4.69) is 12.2 Å². The Hall–Kier alpha value is -2.56. The van der Waals surface area contributed by atoms with Gasteiger partial charge in [0.2, 0.25) is 10.0 Å². The van der Waals surface area contributed by atoms with Crippen molar-refractivity contribution in [3.63, 3.8) is 0 Å². The number of esters is 1. The molecule has 2 heterocycles. The summed E-state index contributed by atoms with van der Waals surface area (Å²) in [6.07, 6.45) is 1.63. The van der Waals surface area contributed by atoms with Gasteiger partial charge in [-0.25, -0.2) is 13.2 Å². The number of sulfonamides is 1. The van der Waals surface area contributed by atoms with Gasteiger partial charge in [-0.2, -0.15) is 4.31 Å². The molecule has 0 unspecified atom stereocenters. The van der Waals surface area contributed by atoms with E-state index in [9.17, 15) is 22.8 Å². The van der Waals surface area contributed by atoms with Crippen LogP contribution in [0.3, 0.4) is 0 Å². The van der Waals surface area contributed by atoms with Gasteiger partial charge < -0.3 is 10.1 Å². The molecule has 0 aliphatic carbocycles. The first-order valence-electron chi connectivity index (χ1n) is 11.2. The summed E-state index contributed by atoms with van der Waals surface area (Å²) in [4.78, 5) is 37.8. The summed E-state index contributed by atoms with van der Waals surface area (Å²) < 4.78 is 32.7. The summed E-state index contributed by atoms with van der Waals surface area (Å²) >= 11 is 1.10. The maximum atomic E-state index is 13.1. The van der Waals surface area contributed by atoms with Gasteiger partial charge in [0.15, 0.2) is 11.6 Å². The molecule has 2 aromatic rings. The van der Waals surface area contributed by atoms with E-state index in [1.54, 1.807) is 26.0 Å². The first kappa shape index (κ1) is 26.1. The molecule has 0 radical (unpaired) electrons. The maximum absolute atomic E-state index is 13.1. The molecule has 3 rings (SSSR count). The molecule has 0 spiro atoms. The van der Waals surface area contributed by atoms with Crippen LogP contribution < -0.4 is 5.32 Å². The average molecular weight is 507 g/mol. The SMILES string of the molecule is CCOC(=O)c1c(NCC(=O)c2cccc(S(=O)(=O)N3CCC(C)CC3)c2)sc(C(C)=O)c1C. The fourth-order valence-corrected chi connectivity index (χ4v) is 6.49. The molecule has 0 bridgehead atoms. The van der Waals surface area contributed by atoms with Crippen molar-refractivity contribution in [1.29, 1.82) is 0 Å². The third kappa shape index (κ3) is 5.56. The number of ketones is 2. The Kier molecular flexibility index (Phi) is 8.27. The normalized spacial score (nSPS) is 15.2. The number of hydrogen-bond donors (Lipinski definition) is 1. The molecule has 34 heavy (non-hydrogen) atoms. The first-order chi connectivity index (χ1) is 16.1. The van der Waals surface area contributed by atoms with E-state index in [1.165, 1.54) is 23.4 Å². The third-order valence-electron chi connectivity index (χ3n) is 5.89. The van der Waals surface area contributed by atoms with Crippen LogP contribution in [0.15, 0.2) is 29.2 Å². The second kappa shape index (κ2) is 10.8. The van der Waals surface area contributed by atoms with Crippen molar-refractivity contribution in [3.05, 3.63) is 45.8 Å². The highest BCUT2D eigenvalue weighted by Crippen LogP contribution is 2.34. The van der Waals surface area contributed by atoms with Crippen LogP contribution in [0.4, 0.5) is 5.00 Å². The second-order valence-corrected chi connectivity index (χ2v) is 11.4. The van der Waals surface area contributed by atoms with Gasteiger partial charge in [-0.3, -0.25) is 9.59 Å². The molecule has 8 nitrogen and oxygen atoms in total. The van der Waals surface area contributed by atoms with E-state index in [-0.39, 0.29) is 40.7 Å².